The molecule has 2 heterocycles. The molecule has 0 bridgehead atoms. The number of thiophene rings is 1. The van der Waals surface area contributed by atoms with E-state index in [-0.39, 0.29) is 11.7 Å². The molecule has 0 unspecified atom stereocenters. The van der Waals surface area contributed by atoms with Gasteiger partial charge in [0, 0.05) is 10.4 Å². The zero-order valence-electron chi connectivity index (χ0n) is 13.4. The fourth-order valence-corrected chi connectivity index (χ4v) is 3.92. The Hall–Kier alpha value is -2.32. The molecule has 0 fully saturated rings. The molecule has 0 radical (unpaired) electrons. The van der Waals surface area contributed by atoms with Crippen molar-refractivity contribution in [2.45, 2.75) is 20.5 Å². The number of ether oxygens (including phenoxy) is 1. The number of amides is 1. The Morgan fingerprint density at radius 2 is 1.92 bits per heavy atom. The van der Waals surface area contributed by atoms with E-state index in [1.54, 1.807) is 12.1 Å². The molecule has 0 saturated carbocycles. The number of alkyl halides is 2. The lowest BCUT2D eigenvalue weighted by atomic mass is 10.1. The zero-order chi connectivity index (χ0) is 18.0. The van der Waals surface area contributed by atoms with Crippen LogP contribution in [0.4, 0.5) is 13.9 Å². The zero-order valence-corrected chi connectivity index (χ0v) is 15.0. The van der Waals surface area contributed by atoms with Gasteiger partial charge in [0.25, 0.3) is 5.91 Å². The first-order valence-corrected chi connectivity index (χ1v) is 9.02. The molecule has 130 valence electrons. The summed E-state index contributed by atoms with van der Waals surface area (Å²) >= 11 is 2.75. The predicted molar refractivity (Wildman–Crippen MR) is 95.9 cm³/mol. The number of hydrogen-bond acceptors (Lipinski definition) is 5. The molecule has 0 saturated heterocycles. The summed E-state index contributed by atoms with van der Waals surface area (Å²) in [7, 11) is 0. The number of nitrogens with one attached hydrogen (secondary N) is 1. The smallest absolute Gasteiger partial charge is 0.387 e. The molecule has 3 aromatic rings. The van der Waals surface area contributed by atoms with Gasteiger partial charge in [0.15, 0.2) is 5.13 Å². The summed E-state index contributed by atoms with van der Waals surface area (Å²) in [6.07, 6.45) is 0. The van der Waals surface area contributed by atoms with Crippen LogP contribution in [0.15, 0.2) is 35.7 Å². The molecule has 0 atom stereocenters. The lowest BCUT2D eigenvalue weighted by Gasteiger charge is -2.05. The minimum absolute atomic E-state index is 0.0910. The molecule has 0 aliphatic carbocycles. The van der Waals surface area contributed by atoms with Gasteiger partial charge in [0.1, 0.15) is 5.75 Å². The summed E-state index contributed by atoms with van der Waals surface area (Å²) in [6.45, 7) is 0.921. The monoisotopic (exact) mass is 380 g/mol. The van der Waals surface area contributed by atoms with E-state index >= 15 is 0 Å². The third-order valence-electron chi connectivity index (χ3n) is 3.44. The number of carbonyl (C=O) groups is 1. The number of thiazole rings is 1. The first kappa shape index (κ1) is 17.5. The fraction of sp³-hybridized carbons (Fsp3) is 0.176. The second kappa shape index (κ2) is 7.28. The molecule has 0 aliphatic rings. The lowest BCUT2D eigenvalue weighted by molar-refractivity contribution is -0.0498. The van der Waals surface area contributed by atoms with Crippen LogP contribution in [0.5, 0.6) is 5.75 Å². The van der Waals surface area contributed by atoms with Crippen molar-refractivity contribution < 1.29 is 18.3 Å². The summed E-state index contributed by atoms with van der Waals surface area (Å²) in [5.41, 5.74) is 2.39. The standard InChI is InChI=1S/C17H14F2N2O2S2/c1-9-7-8-24-14(9)15(22)21-17-20-13(10(2)25-17)11-3-5-12(6-4-11)23-16(18)19/h3-8,16H,1-2H3,(H,20,21,22). The third kappa shape index (κ3) is 4.02. The molecular weight excluding hydrogens is 366 g/mol. The first-order valence-electron chi connectivity index (χ1n) is 7.32. The summed E-state index contributed by atoms with van der Waals surface area (Å²) < 4.78 is 28.7. The topological polar surface area (TPSA) is 51.2 Å². The van der Waals surface area contributed by atoms with Crippen LogP contribution in [0.2, 0.25) is 0 Å². The van der Waals surface area contributed by atoms with E-state index in [1.165, 1.54) is 34.8 Å². The first-order chi connectivity index (χ1) is 11.9. The second-order valence-electron chi connectivity index (χ2n) is 5.21. The summed E-state index contributed by atoms with van der Waals surface area (Å²) in [6, 6.07) is 8.14. The molecule has 0 spiro atoms. The number of hydrogen-bond donors (Lipinski definition) is 1. The summed E-state index contributed by atoms with van der Waals surface area (Å²) in [5, 5.41) is 5.17. The Balaban J connectivity index is 1.78. The van der Waals surface area contributed by atoms with Gasteiger partial charge in [-0.25, -0.2) is 4.98 Å². The molecule has 1 amide bonds. The molecule has 25 heavy (non-hydrogen) atoms. The van der Waals surface area contributed by atoms with Crippen LogP contribution in [0.1, 0.15) is 20.1 Å². The molecule has 1 aromatic carbocycles. The van der Waals surface area contributed by atoms with Gasteiger partial charge in [-0.1, -0.05) is 0 Å². The lowest BCUT2D eigenvalue weighted by Crippen LogP contribution is -2.10. The molecular formula is C17H14F2N2O2S2. The highest BCUT2D eigenvalue weighted by molar-refractivity contribution is 7.16. The van der Waals surface area contributed by atoms with Crippen molar-refractivity contribution in [1.29, 1.82) is 0 Å². The van der Waals surface area contributed by atoms with Crippen molar-refractivity contribution >= 4 is 33.7 Å². The summed E-state index contributed by atoms with van der Waals surface area (Å²) in [5.74, 6) is -0.0955. The van der Waals surface area contributed by atoms with Gasteiger partial charge in [-0.05, 0) is 55.1 Å². The van der Waals surface area contributed by atoms with Crippen molar-refractivity contribution in [3.05, 3.63) is 51.0 Å². The van der Waals surface area contributed by atoms with Gasteiger partial charge in [0.2, 0.25) is 0 Å². The van der Waals surface area contributed by atoms with Crippen LogP contribution in [0.25, 0.3) is 11.3 Å². The fourth-order valence-electron chi connectivity index (χ4n) is 2.27. The molecule has 2 aromatic heterocycles. The molecule has 3 rings (SSSR count). The van der Waals surface area contributed by atoms with Crippen molar-refractivity contribution in [3.8, 4) is 17.0 Å². The SMILES string of the molecule is Cc1ccsc1C(=O)Nc1nc(-c2ccc(OC(F)F)cc2)c(C)s1. The highest BCUT2D eigenvalue weighted by Crippen LogP contribution is 2.32. The van der Waals surface area contributed by atoms with Crippen molar-refractivity contribution in [2.75, 3.05) is 5.32 Å². The van der Waals surface area contributed by atoms with E-state index in [0.29, 0.717) is 15.7 Å². The van der Waals surface area contributed by atoms with E-state index in [2.05, 4.69) is 15.0 Å². The Labute approximate surface area is 151 Å². The summed E-state index contributed by atoms with van der Waals surface area (Å²) in [4.78, 5) is 18.3. The maximum atomic E-state index is 12.3. The minimum atomic E-state index is -2.85. The Bertz CT molecular complexity index is 888. The van der Waals surface area contributed by atoms with Crippen LogP contribution >= 0.6 is 22.7 Å². The van der Waals surface area contributed by atoms with E-state index in [0.717, 1.165) is 16.0 Å². The number of aromatic nitrogens is 1. The second-order valence-corrected chi connectivity index (χ2v) is 7.33. The number of halogens is 2. The van der Waals surface area contributed by atoms with Gasteiger partial charge < -0.3 is 4.74 Å². The van der Waals surface area contributed by atoms with Gasteiger partial charge in [-0.15, -0.1) is 22.7 Å². The van der Waals surface area contributed by atoms with Gasteiger partial charge in [-0.2, -0.15) is 8.78 Å². The average molecular weight is 380 g/mol. The van der Waals surface area contributed by atoms with Crippen LogP contribution in [0.3, 0.4) is 0 Å². The number of carbonyl (C=O) groups excluding carboxylic acids is 1. The molecule has 8 heteroatoms. The largest absolute Gasteiger partial charge is 0.435 e. The van der Waals surface area contributed by atoms with Gasteiger partial charge in [-0.3, -0.25) is 10.1 Å². The van der Waals surface area contributed by atoms with Crippen molar-refractivity contribution in [1.82, 2.24) is 4.98 Å². The Morgan fingerprint density at radius 3 is 2.52 bits per heavy atom. The average Bonchev–Trinajstić information content (AvgIpc) is 3.13. The number of nitrogens with zero attached hydrogens (tertiary/aromatic N) is 1. The molecule has 0 aliphatic heterocycles. The van der Waals surface area contributed by atoms with E-state index < -0.39 is 6.61 Å². The van der Waals surface area contributed by atoms with Crippen LogP contribution in [0, 0.1) is 13.8 Å². The normalized spacial score (nSPS) is 10.9. The minimum Gasteiger partial charge on any atom is -0.435 e. The maximum absolute atomic E-state index is 12.3. The predicted octanol–water partition coefficient (Wildman–Crippen LogP) is 5.34. The van der Waals surface area contributed by atoms with Crippen LogP contribution in [-0.4, -0.2) is 17.5 Å². The van der Waals surface area contributed by atoms with E-state index in [9.17, 15) is 13.6 Å². The Kier molecular flexibility index (Phi) is 5.10. The number of benzene rings is 1. The maximum Gasteiger partial charge on any atom is 0.387 e. The number of anilines is 1. The van der Waals surface area contributed by atoms with E-state index in [1.807, 2.05) is 25.3 Å². The van der Waals surface area contributed by atoms with Crippen molar-refractivity contribution in [3.63, 3.8) is 0 Å². The van der Waals surface area contributed by atoms with Crippen molar-refractivity contribution in [2.24, 2.45) is 0 Å². The van der Waals surface area contributed by atoms with Crippen LogP contribution in [-0.2, 0) is 0 Å². The quantitative estimate of drug-likeness (QED) is 0.650. The van der Waals surface area contributed by atoms with Gasteiger partial charge >= 0.3 is 6.61 Å². The molecule has 4 nitrogen and oxygen atoms in total. The van der Waals surface area contributed by atoms with E-state index in [4.69, 9.17) is 0 Å². The highest BCUT2D eigenvalue weighted by Gasteiger charge is 2.15. The number of rotatable bonds is 5. The molecule has 1 N–H and O–H groups in total. The highest BCUT2D eigenvalue weighted by atomic mass is 32.1. The van der Waals surface area contributed by atoms with Gasteiger partial charge in [0.05, 0.1) is 10.6 Å². The third-order valence-corrected chi connectivity index (χ3v) is 5.34. The number of aryl methyl sites for hydroxylation is 2. The van der Waals surface area contributed by atoms with Crippen LogP contribution < -0.4 is 10.1 Å². The Morgan fingerprint density at radius 1 is 1.20 bits per heavy atom.